The molecule has 4 heteroatoms. The summed E-state index contributed by atoms with van der Waals surface area (Å²) in [5.74, 6) is -1.22. The molecule has 1 aromatic carbocycles. The molecule has 0 spiro atoms. The van der Waals surface area contributed by atoms with Crippen LogP contribution in [0.15, 0.2) is 12.1 Å². The molecule has 2 rings (SSSR count). The third-order valence-corrected chi connectivity index (χ3v) is 3.27. The lowest BCUT2D eigenvalue weighted by molar-refractivity contribution is 0.0782. The van der Waals surface area contributed by atoms with E-state index < -0.39 is 17.7 Å². The third kappa shape index (κ3) is 2.48. The number of aliphatic hydroxyl groups excluding tert-OH is 1. The lowest BCUT2D eigenvalue weighted by Gasteiger charge is -2.18. The van der Waals surface area contributed by atoms with E-state index >= 15 is 0 Å². The first kappa shape index (κ1) is 12.5. The molecule has 1 fully saturated rings. The van der Waals surface area contributed by atoms with Gasteiger partial charge in [0.15, 0.2) is 0 Å². The van der Waals surface area contributed by atoms with Gasteiger partial charge in [0.1, 0.15) is 11.6 Å². The summed E-state index contributed by atoms with van der Waals surface area (Å²) in [7, 11) is 0. The first-order chi connectivity index (χ1) is 7.99. The van der Waals surface area contributed by atoms with Crippen molar-refractivity contribution in [2.24, 2.45) is 5.92 Å². The molecule has 2 nitrogen and oxygen atoms in total. The maximum Gasteiger partial charge on any atom is 0.129 e. The van der Waals surface area contributed by atoms with Gasteiger partial charge in [-0.15, -0.1) is 0 Å². The van der Waals surface area contributed by atoms with Gasteiger partial charge in [-0.25, -0.2) is 8.78 Å². The molecule has 1 aromatic rings. The molecule has 1 aliphatic rings. The SMILES string of the molecule is Cc1cc(F)c(C(O)C2COC(C)C2)cc1F. The van der Waals surface area contributed by atoms with E-state index in [1.54, 1.807) is 0 Å². The van der Waals surface area contributed by atoms with Crippen LogP contribution in [0.2, 0.25) is 0 Å². The number of rotatable bonds is 2. The summed E-state index contributed by atoms with van der Waals surface area (Å²) in [4.78, 5) is 0. The Kier molecular flexibility index (Phi) is 3.45. The Balaban J connectivity index is 2.24. The minimum absolute atomic E-state index is 0.0239. The van der Waals surface area contributed by atoms with E-state index in [4.69, 9.17) is 4.74 Å². The zero-order chi connectivity index (χ0) is 12.6. The molecule has 1 heterocycles. The van der Waals surface area contributed by atoms with Crippen LogP contribution in [0.1, 0.15) is 30.6 Å². The van der Waals surface area contributed by atoms with Crippen molar-refractivity contribution in [3.8, 4) is 0 Å². The highest BCUT2D eigenvalue weighted by Crippen LogP contribution is 2.33. The minimum Gasteiger partial charge on any atom is -0.388 e. The van der Waals surface area contributed by atoms with Crippen LogP contribution in [-0.4, -0.2) is 17.8 Å². The molecule has 94 valence electrons. The van der Waals surface area contributed by atoms with Gasteiger partial charge in [-0.1, -0.05) is 0 Å². The fraction of sp³-hybridized carbons (Fsp3) is 0.538. The van der Waals surface area contributed by atoms with Crippen LogP contribution in [0.4, 0.5) is 8.78 Å². The van der Waals surface area contributed by atoms with E-state index in [2.05, 4.69) is 0 Å². The third-order valence-electron chi connectivity index (χ3n) is 3.27. The molecule has 0 amide bonds. The summed E-state index contributed by atoms with van der Waals surface area (Å²) in [5, 5.41) is 10.0. The fourth-order valence-corrected chi connectivity index (χ4v) is 2.21. The van der Waals surface area contributed by atoms with Crippen LogP contribution in [-0.2, 0) is 4.74 Å². The number of halogens is 2. The van der Waals surface area contributed by atoms with Crippen LogP contribution >= 0.6 is 0 Å². The van der Waals surface area contributed by atoms with E-state index in [-0.39, 0.29) is 23.1 Å². The molecular formula is C13H16F2O2. The predicted octanol–water partition coefficient (Wildman–Crippen LogP) is 2.73. The zero-order valence-electron chi connectivity index (χ0n) is 9.91. The first-order valence-electron chi connectivity index (χ1n) is 5.74. The smallest absolute Gasteiger partial charge is 0.129 e. The Labute approximate surface area is 99.2 Å². The van der Waals surface area contributed by atoms with Gasteiger partial charge in [0.05, 0.1) is 18.8 Å². The monoisotopic (exact) mass is 242 g/mol. The number of benzene rings is 1. The van der Waals surface area contributed by atoms with Gasteiger partial charge in [0.2, 0.25) is 0 Å². The lowest BCUT2D eigenvalue weighted by atomic mass is 9.92. The Morgan fingerprint density at radius 3 is 2.65 bits per heavy atom. The van der Waals surface area contributed by atoms with Crippen LogP contribution in [0, 0.1) is 24.5 Å². The van der Waals surface area contributed by atoms with Gasteiger partial charge in [0.25, 0.3) is 0 Å². The maximum absolute atomic E-state index is 13.7. The number of aryl methyl sites for hydroxylation is 1. The van der Waals surface area contributed by atoms with E-state index in [9.17, 15) is 13.9 Å². The Morgan fingerprint density at radius 2 is 2.06 bits per heavy atom. The molecule has 0 radical (unpaired) electrons. The number of aliphatic hydroxyl groups is 1. The number of ether oxygens (including phenoxy) is 1. The van der Waals surface area contributed by atoms with E-state index in [0.29, 0.717) is 13.0 Å². The summed E-state index contributed by atoms with van der Waals surface area (Å²) in [6.45, 7) is 3.78. The van der Waals surface area contributed by atoms with Crippen molar-refractivity contribution in [1.29, 1.82) is 0 Å². The van der Waals surface area contributed by atoms with Crippen molar-refractivity contribution in [2.45, 2.75) is 32.5 Å². The van der Waals surface area contributed by atoms with Crippen molar-refractivity contribution in [3.63, 3.8) is 0 Å². The standard InChI is InChI=1S/C13H16F2O2/c1-7-3-12(15)10(5-11(7)14)13(16)9-4-8(2)17-6-9/h3,5,8-9,13,16H,4,6H2,1-2H3. The average Bonchev–Trinajstić information content (AvgIpc) is 2.69. The molecule has 3 atom stereocenters. The van der Waals surface area contributed by atoms with Crippen LogP contribution in [0.5, 0.6) is 0 Å². The summed E-state index contributed by atoms with van der Waals surface area (Å²) in [6.07, 6.45) is -0.279. The minimum atomic E-state index is -1.00. The molecule has 1 aliphatic heterocycles. The van der Waals surface area contributed by atoms with Crippen LogP contribution < -0.4 is 0 Å². The molecule has 3 unspecified atom stereocenters. The molecule has 0 aromatic heterocycles. The summed E-state index contributed by atoms with van der Waals surface area (Å²) >= 11 is 0. The topological polar surface area (TPSA) is 29.5 Å². The quantitative estimate of drug-likeness (QED) is 0.864. The zero-order valence-corrected chi connectivity index (χ0v) is 9.91. The second-order valence-corrected chi connectivity index (χ2v) is 4.71. The summed E-state index contributed by atoms with van der Waals surface area (Å²) in [6, 6.07) is 2.20. The fourth-order valence-electron chi connectivity index (χ4n) is 2.21. The molecule has 1 N–H and O–H groups in total. The van der Waals surface area contributed by atoms with Crippen molar-refractivity contribution < 1.29 is 18.6 Å². The van der Waals surface area contributed by atoms with E-state index in [0.717, 1.165) is 12.1 Å². The van der Waals surface area contributed by atoms with Gasteiger partial charge in [-0.2, -0.15) is 0 Å². The molecule has 0 aliphatic carbocycles. The molecule has 17 heavy (non-hydrogen) atoms. The van der Waals surface area contributed by atoms with Crippen molar-refractivity contribution in [3.05, 3.63) is 34.9 Å². The summed E-state index contributed by atoms with van der Waals surface area (Å²) < 4.78 is 32.4. The molecule has 0 saturated carbocycles. The predicted molar refractivity (Wildman–Crippen MR) is 59.6 cm³/mol. The van der Waals surface area contributed by atoms with Gasteiger partial charge in [0, 0.05) is 11.5 Å². The van der Waals surface area contributed by atoms with Crippen molar-refractivity contribution >= 4 is 0 Å². The molecule has 0 bridgehead atoms. The lowest BCUT2D eigenvalue weighted by Crippen LogP contribution is -2.14. The van der Waals surface area contributed by atoms with Gasteiger partial charge in [-0.3, -0.25) is 0 Å². The second-order valence-electron chi connectivity index (χ2n) is 4.71. The highest BCUT2D eigenvalue weighted by molar-refractivity contribution is 5.27. The maximum atomic E-state index is 13.7. The number of hydrogen-bond donors (Lipinski definition) is 1. The molecule has 1 saturated heterocycles. The second kappa shape index (κ2) is 4.70. The van der Waals surface area contributed by atoms with Crippen molar-refractivity contribution in [1.82, 2.24) is 0 Å². The highest BCUT2D eigenvalue weighted by atomic mass is 19.1. The van der Waals surface area contributed by atoms with Crippen LogP contribution in [0.25, 0.3) is 0 Å². The highest BCUT2D eigenvalue weighted by Gasteiger charge is 2.31. The Bertz CT molecular complexity index is 420. The Hall–Kier alpha value is -1.00. The molecular weight excluding hydrogens is 226 g/mol. The van der Waals surface area contributed by atoms with Crippen LogP contribution in [0.3, 0.4) is 0 Å². The van der Waals surface area contributed by atoms with Gasteiger partial charge in [-0.05, 0) is 38.0 Å². The number of hydrogen-bond acceptors (Lipinski definition) is 2. The van der Waals surface area contributed by atoms with Crippen molar-refractivity contribution in [2.75, 3.05) is 6.61 Å². The average molecular weight is 242 g/mol. The Morgan fingerprint density at radius 1 is 1.35 bits per heavy atom. The normalized spacial score (nSPS) is 26.2. The van der Waals surface area contributed by atoms with E-state index in [1.807, 2.05) is 6.92 Å². The van der Waals surface area contributed by atoms with Gasteiger partial charge >= 0.3 is 0 Å². The van der Waals surface area contributed by atoms with Gasteiger partial charge < -0.3 is 9.84 Å². The van der Waals surface area contributed by atoms with E-state index in [1.165, 1.54) is 6.92 Å². The first-order valence-corrected chi connectivity index (χ1v) is 5.74. The largest absolute Gasteiger partial charge is 0.388 e. The summed E-state index contributed by atoms with van der Waals surface area (Å²) in [5.41, 5.74) is 0.269.